The van der Waals surface area contributed by atoms with Crippen molar-refractivity contribution in [3.8, 4) is 5.69 Å². The molecule has 0 unspecified atom stereocenters. The van der Waals surface area contributed by atoms with Crippen molar-refractivity contribution in [2.24, 2.45) is 5.92 Å². The number of carbonyl (C=O) groups excluding carboxylic acids is 1. The molecule has 1 fully saturated rings. The average Bonchev–Trinajstić information content (AvgIpc) is 3.38. The highest BCUT2D eigenvalue weighted by Crippen LogP contribution is 2.35. The number of hydrogen-bond donors (Lipinski definition) is 1. The molecular weight excluding hydrogens is 454 g/mol. The predicted octanol–water partition coefficient (Wildman–Crippen LogP) is 5.92. The number of thiazole rings is 1. The molecule has 2 aromatic carbocycles. The van der Waals surface area contributed by atoms with Crippen LogP contribution in [0.5, 0.6) is 0 Å². The van der Waals surface area contributed by atoms with Crippen LogP contribution in [-0.2, 0) is 4.79 Å². The molecule has 4 aromatic rings. The zero-order valence-electron chi connectivity index (χ0n) is 18.9. The Morgan fingerprint density at radius 3 is 2.73 bits per heavy atom. The highest BCUT2D eigenvalue weighted by molar-refractivity contribution is 7.22. The van der Waals surface area contributed by atoms with Crippen LogP contribution in [0.15, 0.2) is 42.5 Å². The molecule has 33 heavy (non-hydrogen) atoms. The molecule has 1 amide bonds. The third-order valence-electron chi connectivity index (χ3n) is 6.24. The molecule has 1 saturated heterocycles. The van der Waals surface area contributed by atoms with Gasteiger partial charge in [-0.25, -0.2) is 4.68 Å². The molecule has 0 aliphatic carbocycles. The fourth-order valence-electron chi connectivity index (χ4n) is 4.27. The molecule has 0 radical (unpaired) electrons. The first-order chi connectivity index (χ1) is 15.9. The van der Waals surface area contributed by atoms with E-state index < -0.39 is 0 Å². The third kappa shape index (κ3) is 4.23. The van der Waals surface area contributed by atoms with Gasteiger partial charge in [0.15, 0.2) is 10.8 Å². The number of halogens is 1. The number of carbonyl (C=O) groups is 1. The van der Waals surface area contributed by atoms with E-state index in [9.17, 15) is 4.79 Å². The van der Waals surface area contributed by atoms with Crippen molar-refractivity contribution >= 4 is 50.0 Å². The Kier molecular flexibility index (Phi) is 5.85. The molecule has 0 saturated carbocycles. The van der Waals surface area contributed by atoms with Gasteiger partial charge in [0.2, 0.25) is 5.91 Å². The molecule has 0 bridgehead atoms. The average molecular weight is 480 g/mol. The van der Waals surface area contributed by atoms with Crippen molar-refractivity contribution in [2.75, 3.05) is 23.3 Å². The van der Waals surface area contributed by atoms with Crippen molar-refractivity contribution in [3.63, 3.8) is 0 Å². The Hall–Kier alpha value is -2.90. The normalized spacial score (nSPS) is 16.4. The standard InChI is InChI=1S/C25H26ClN5OS/c1-15-9-11-19(12-10-15)31-23-22(17(3)29-31)33-25(28-23)30-13-5-6-18(14-30)24(32)27-21-8-4-7-20(26)16(21)2/h4,7-12,18H,5-6,13-14H2,1-3H3,(H,27,32)/t18-/m0/s1. The Balaban J connectivity index is 1.37. The van der Waals surface area contributed by atoms with Crippen molar-refractivity contribution in [1.82, 2.24) is 14.8 Å². The van der Waals surface area contributed by atoms with Gasteiger partial charge in [0.05, 0.1) is 22.0 Å². The summed E-state index contributed by atoms with van der Waals surface area (Å²) in [4.78, 5) is 20.2. The van der Waals surface area contributed by atoms with Crippen LogP contribution in [0.25, 0.3) is 16.0 Å². The second kappa shape index (κ2) is 8.80. The Morgan fingerprint density at radius 2 is 1.94 bits per heavy atom. The number of anilines is 2. The first-order valence-electron chi connectivity index (χ1n) is 11.1. The lowest BCUT2D eigenvalue weighted by Gasteiger charge is -2.31. The maximum absolute atomic E-state index is 13.0. The Labute approximate surface area is 202 Å². The van der Waals surface area contributed by atoms with E-state index in [1.54, 1.807) is 11.3 Å². The van der Waals surface area contributed by atoms with Gasteiger partial charge in [-0.3, -0.25) is 4.79 Å². The van der Waals surface area contributed by atoms with E-state index in [0.29, 0.717) is 11.6 Å². The molecule has 1 aliphatic rings. The fourth-order valence-corrected chi connectivity index (χ4v) is 5.46. The second-order valence-electron chi connectivity index (χ2n) is 8.67. The summed E-state index contributed by atoms with van der Waals surface area (Å²) in [6.45, 7) is 7.57. The molecule has 2 aromatic heterocycles. The first kappa shape index (κ1) is 21.9. The van der Waals surface area contributed by atoms with Gasteiger partial charge in [-0.2, -0.15) is 10.1 Å². The van der Waals surface area contributed by atoms with Crippen molar-refractivity contribution in [1.29, 1.82) is 0 Å². The summed E-state index contributed by atoms with van der Waals surface area (Å²) in [5, 5.41) is 9.39. The molecule has 8 heteroatoms. The lowest BCUT2D eigenvalue weighted by molar-refractivity contribution is -0.120. The quantitative estimate of drug-likeness (QED) is 0.395. The highest BCUT2D eigenvalue weighted by atomic mass is 35.5. The number of nitrogens with zero attached hydrogens (tertiary/aromatic N) is 4. The zero-order valence-corrected chi connectivity index (χ0v) is 20.5. The summed E-state index contributed by atoms with van der Waals surface area (Å²) in [6.07, 6.45) is 1.81. The number of piperidine rings is 1. The largest absolute Gasteiger partial charge is 0.347 e. The van der Waals surface area contributed by atoms with Gasteiger partial charge < -0.3 is 10.2 Å². The molecule has 3 heterocycles. The minimum Gasteiger partial charge on any atom is -0.347 e. The lowest BCUT2D eigenvalue weighted by atomic mass is 9.97. The molecule has 5 rings (SSSR count). The van der Waals surface area contributed by atoms with Crippen LogP contribution in [0.3, 0.4) is 0 Å². The lowest BCUT2D eigenvalue weighted by Crippen LogP contribution is -2.40. The monoisotopic (exact) mass is 479 g/mol. The Bertz CT molecular complexity index is 1330. The second-order valence-corrected chi connectivity index (χ2v) is 10.1. The van der Waals surface area contributed by atoms with Crippen LogP contribution in [0.2, 0.25) is 5.02 Å². The number of fused-ring (bicyclic) bond motifs is 1. The minimum atomic E-state index is -0.0983. The number of rotatable bonds is 4. The highest BCUT2D eigenvalue weighted by Gasteiger charge is 2.29. The molecule has 0 spiro atoms. The minimum absolute atomic E-state index is 0.0354. The third-order valence-corrected chi connectivity index (χ3v) is 7.87. The number of aryl methyl sites for hydroxylation is 2. The topological polar surface area (TPSA) is 63.1 Å². The summed E-state index contributed by atoms with van der Waals surface area (Å²) in [5.74, 6) is -0.0629. The number of amides is 1. The van der Waals surface area contributed by atoms with E-state index in [2.05, 4.69) is 41.4 Å². The first-order valence-corrected chi connectivity index (χ1v) is 12.3. The van der Waals surface area contributed by atoms with Crippen LogP contribution in [0, 0.1) is 26.7 Å². The Morgan fingerprint density at radius 1 is 1.15 bits per heavy atom. The van der Waals surface area contributed by atoms with Gasteiger partial charge in [0, 0.05) is 23.8 Å². The van der Waals surface area contributed by atoms with E-state index in [1.807, 2.05) is 36.7 Å². The number of hydrogen-bond acceptors (Lipinski definition) is 5. The molecular formula is C25H26ClN5OS. The number of benzene rings is 2. The van der Waals surface area contributed by atoms with Gasteiger partial charge in [0.1, 0.15) is 0 Å². The van der Waals surface area contributed by atoms with Gasteiger partial charge in [-0.1, -0.05) is 46.7 Å². The van der Waals surface area contributed by atoms with E-state index in [4.69, 9.17) is 21.7 Å². The van der Waals surface area contributed by atoms with Gasteiger partial charge in [-0.05, 0) is 63.4 Å². The van der Waals surface area contributed by atoms with Crippen LogP contribution in [0.4, 0.5) is 10.8 Å². The van der Waals surface area contributed by atoms with E-state index >= 15 is 0 Å². The fraction of sp³-hybridized carbons (Fsp3) is 0.320. The number of nitrogens with one attached hydrogen (secondary N) is 1. The maximum Gasteiger partial charge on any atom is 0.229 e. The van der Waals surface area contributed by atoms with E-state index in [-0.39, 0.29) is 11.8 Å². The molecule has 1 atom stereocenters. The summed E-state index contributed by atoms with van der Waals surface area (Å²) >= 11 is 7.87. The van der Waals surface area contributed by atoms with Gasteiger partial charge in [0.25, 0.3) is 0 Å². The van der Waals surface area contributed by atoms with Crippen molar-refractivity contribution in [3.05, 3.63) is 64.3 Å². The van der Waals surface area contributed by atoms with Crippen molar-refractivity contribution in [2.45, 2.75) is 33.6 Å². The number of aromatic nitrogens is 3. The van der Waals surface area contributed by atoms with E-state index in [1.165, 1.54) is 5.56 Å². The molecule has 1 N–H and O–H groups in total. The van der Waals surface area contributed by atoms with Crippen LogP contribution in [-0.4, -0.2) is 33.8 Å². The SMILES string of the molecule is Cc1ccc(-n2nc(C)c3sc(N4CCC[C@H](C(=O)Nc5cccc(Cl)c5C)C4)nc32)cc1. The summed E-state index contributed by atoms with van der Waals surface area (Å²) in [5.41, 5.74) is 5.72. The summed E-state index contributed by atoms with van der Waals surface area (Å²) < 4.78 is 3.01. The molecule has 170 valence electrons. The maximum atomic E-state index is 13.0. The van der Waals surface area contributed by atoms with Crippen LogP contribution < -0.4 is 10.2 Å². The molecule has 6 nitrogen and oxygen atoms in total. The van der Waals surface area contributed by atoms with Crippen LogP contribution >= 0.6 is 22.9 Å². The zero-order chi connectivity index (χ0) is 23.1. The summed E-state index contributed by atoms with van der Waals surface area (Å²) in [6, 6.07) is 13.9. The smallest absolute Gasteiger partial charge is 0.229 e. The van der Waals surface area contributed by atoms with Gasteiger partial charge >= 0.3 is 0 Å². The van der Waals surface area contributed by atoms with Crippen molar-refractivity contribution < 1.29 is 4.79 Å². The van der Waals surface area contributed by atoms with E-state index in [0.717, 1.165) is 57.5 Å². The predicted molar refractivity (Wildman–Crippen MR) is 136 cm³/mol. The van der Waals surface area contributed by atoms with Crippen LogP contribution in [0.1, 0.15) is 29.7 Å². The molecule has 1 aliphatic heterocycles. The summed E-state index contributed by atoms with van der Waals surface area (Å²) in [7, 11) is 0. The van der Waals surface area contributed by atoms with Gasteiger partial charge in [-0.15, -0.1) is 0 Å².